The van der Waals surface area contributed by atoms with Crippen molar-refractivity contribution in [3.05, 3.63) is 28.8 Å². The molecule has 0 unspecified atom stereocenters. The maximum absolute atomic E-state index is 6.15. The Bertz CT molecular complexity index is 350. The van der Waals surface area contributed by atoms with Crippen LogP contribution < -0.4 is 10.1 Å². The van der Waals surface area contributed by atoms with Crippen molar-refractivity contribution in [2.24, 2.45) is 5.92 Å². The van der Waals surface area contributed by atoms with Gasteiger partial charge in [0.25, 0.3) is 0 Å². The molecule has 3 heteroatoms. The first-order chi connectivity index (χ1) is 7.81. The van der Waals surface area contributed by atoms with Crippen LogP contribution in [0.2, 0.25) is 5.02 Å². The van der Waals surface area contributed by atoms with E-state index >= 15 is 0 Å². The Labute approximate surface area is 102 Å². The molecule has 1 aromatic carbocycles. The van der Waals surface area contributed by atoms with Gasteiger partial charge in [-0.05, 0) is 37.4 Å². The number of halogens is 1. The van der Waals surface area contributed by atoms with Gasteiger partial charge in [0.2, 0.25) is 0 Å². The summed E-state index contributed by atoms with van der Waals surface area (Å²) in [5, 5.41) is 4.23. The summed E-state index contributed by atoms with van der Waals surface area (Å²) in [6, 6.07) is 5.77. The molecule has 1 aromatic rings. The van der Waals surface area contributed by atoms with Crippen LogP contribution in [-0.4, -0.2) is 13.7 Å². The van der Waals surface area contributed by atoms with Gasteiger partial charge >= 0.3 is 0 Å². The average Bonchev–Trinajstić information content (AvgIpc) is 2.23. The summed E-state index contributed by atoms with van der Waals surface area (Å²) in [4.78, 5) is 0. The van der Waals surface area contributed by atoms with Crippen LogP contribution in [0.3, 0.4) is 0 Å². The molecule has 2 rings (SSSR count). The SMILES string of the molecule is COc1cccc(Cl)c1CNCC1CCC1. The molecule has 0 amide bonds. The molecule has 0 aromatic heterocycles. The maximum Gasteiger partial charge on any atom is 0.124 e. The first kappa shape index (κ1) is 11.7. The van der Waals surface area contributed by atoms with Crippen LogP contribution in [0, 0.1) is 5.92 Å². The van der Waals surface area contributed by atoms with E-state index < -0.39 is 0 Å². The van der Waals surface area contributed by atoms with E-state index in [0.717, 1.165) is 35.3 Å². The van der Waals surface area contributed by atoms with Gasteiger partial charge in [-0.25, -0.2) is 0 Å². The van der Waals surface area contributed by atoms with Gasteiger partial charge in [-0.15, -0.1) is 0 Å². The molecule has 0 heterocycles. The predicted molar refractivity (Wildman–Crippen MR) is 67.1 cm³/mol. The molecule has 16 heavy (non-hydrogen) atoms. The van der Waals surface area contributed by atoms with Crippen molar-refractivity contribution >= 4 is 11.6 Å². The van der Waals surface area contributed by atoms with Crippen molar-refractivity contribution in [3.8, 4) is 5.75 Å². The van der Waals surface area contributed by atoms with Crippen LogP contribution in [0.25, 0.3) is 0 Å². The molecule has 0 bridgehead atoms. The lowest BCUT2D eigenvalue weighted by Crippen LogP contribution is -2.27. The van der Waals surface area contributed by atoms with Crippen molar-refractivity contribution in [3.63, 3.8) is 0 Å². The minimum Gasteiger partial charge on any atom is -0.496 e. The lowest BCUT2D eigenvalue weighted by Gasteiger charge is -2.25. The number of methoxy groups -OCH3 is 1. The molecule has 1 aliphatic carbocycles. The van der Waals surface area contributed by atoms with E-state index in [4.69, 9.17) is 16.3 Å². The summed E-state index contributed by atoms with van der Waals surface area (Å²) < 4.78 is 5.30. The van der Waals surface area contributed by atoms with Crippen molar-refractivity contribution in [2.45, 2.75) is 25.8 Å². The van der Waals surface area contributed by atoms with Crippen LogP contribution in [0.15, 0.2) is 18.2 Å². The third kappa shape index (κ3) is 2.69. The topological polar surface area (TPSA) is 21.3 Å². The Morgan fingerprint density at radius 1 is 1.44 bits per heavy atom. The van der Waals surface area contributed by atoms with Gasteiger partial charge in [-0.3, -0.25) is 0 Å². The van der Waals surface area contributed by atoms with Crippen molar-refractivity contribution in [2.75, 3.05) is 13.7 Å². The normalized spacial score (nSPS) is 15.9. The molecule has 0 atom stereocenters. The zero-order valence-corrected chi connectivity index (χ0v) is 10.4. The Kier molecular flexibility index (Phi) is 4.08. The summed E-state index contributed by atoms with van der Waals surface area (Å²) in [5.41, 5.74) is 1.06. The highest BCUT2D eigenvalue weighted by Crippen LogP contribution is 2.27. The zero-order valence-electron chi connectivity index (χ0n) is 9.63. The van der Waals surface area contributed by atoms with Gasteiger partial charge in [0.15, 0.2) is 0 Å². The first-order valence-corrected chi connectivity index (χ1v) is 6.21. The summed E-state index contributed by atoms with van der Waals surface area (Å²) in [6.07, 6.45) is 4.13. The third-order valence-electron chi connectivity index (χ3n) is 3.26. The fourth-order valence-electron chi connectivity index (χ4n) is 2.00. The number of nitrogens with one attached hydrogen (secondary N) is 1. The van der Waals surface area contributed by atoms with E-state index in [9.17, 15) is 0 Å². The molecule has 1 aliphatic rings. The number of hydrogen-bond donors (Lipinski definition) is 1. The molecule has 1 N–H and O–H groups in total. The molecule has 1 fully saturated rings. The van der Waals surface area contributed by atoms with E-state index in [1.807, 2.05) is 18.2 Å². The Morgan fingerprint density at radius 3 is 2.88 bits per heavy atom. The van der Waals surface area contributed by atoms with E-state index in [-0.39, 0.29) is 0 Å². The van der Waals surface area contributed by atoms with Crippen LogP contribution in [-0.2, 0) is 6.54 Å². The number of rotatable bonds is 5. The average molecular weight is 240 g/mol. The molecule has 0 spiro atoms. The predicted octanol–water partition coefficient (Wildman–Crippen LogP) is 3.24. The molecule has 1 saturated carbocycles. The Hall–Kier alpha value is -0.730. The van der Waals surface area contributed by atoms with Crippen LogP contribution >= 0.6 is 11.6 Å². The molecule has 2 nitrogen and oxygen atoms in total. The van der Waals surface area contributed by atoms with Crippen LogP contribution in [0.5, 0.6) is 5.75 Å². The second-order valence-corrected chi connectivity index (χ2v) is 4.76. The van der Waals surface area contributed by atoms with Crippen molar-refractivity contribution in [1.82, 2.24) is 5.32 Å². The molecular formula is C13H18ClNO. The van der Waals surface area contributed by atoms with Gasteiger partial charge in [-0.1, -0.05) is 24.1 Å². The number of hydrogen-bond acceptors (Lipinski definition) is 2. The van der Waals surface area contributed by atoms with Gasteiger partial charge < -0.3 is 10.1 Å². The van der Waals surface area contributed by atoms with Gasteiger partial charge in [0, 0.05) is 17.1 Å². The molecule has 0 aliphatic heterocycles. The lowest BCUT2D eigenvalue weighted by atomic mass is 9.85. The van der Waals surface area contributed by atoms with Crippen LogP contribution in [0.1, 0.15) is 24.8 Å². The van der Waals surface area contributed by atoms with Gasteiger partial charge in [0.1, 0.15) is 5.75 Å². The molecule has 88 valence electrons. The van der Waals surface area contributed by atoms with E-state index in [0.29, 0.717) is 0 Å². The standard InChI is InChI=1S/C13H18ClNO/c1-16-13-7-3-6-12(14)11(13)9-15-8-10-4-2-5-10/h3,6-7,10,15H,2,4-5,8-9H2,1H3. The Morgan fingerprint density at radius 2 is 2.25 bits per heavy atom. The van der Waals surface area contributed by atoms with Crippen LogP contribution in [0.4, 0.5) is 0 Å². The summed E-state index contributed by atoms with van der Waals surface area (Å²) in [7, 11) is 1.68. The summed E-state index contributed by atoms with van der Waals surface area (Å²) in [6.45, 7) is 1.88. The molecule has 0 saturated heterocycles. The first-order valence-electron chi connectivity index (χ1n) is 5.83. The maximum atomic E-state index is 6.15. The molecule has 0 radical (unpaired) electrons. The van der Waals surface area contributed by atoms with E-state index in [1.165, 1.54) is 19.3 Å². The molecular weight excluding hydrogens is 222 g/mol. The highest BCUT2D eigenvalue weighted by Gasteiger charge is 2.17. The summed E-state index contributed by atoms with van der Waals surface area (Å²) in [5.74, 6) is 1.74. The number of benzene rings is 1. The lowest BCUT2D eigenvalue weighted by molar-refractivity contribution is 0.300. The van der Waals surface area contributed by atoms with Gasteiger partial charge in [0.05, 0.1) is 7.11 Å². The number of ether oxygens (including phenoxy) is 1. The third-order valence-corrected chi connectivity index (χ3v) is 3.61. The van der Waals surface area contributed by atoms with E-state index in [2.05, 4.69) is 5.32 Å². The summed E-state index contributed by atoms with van der Waals surface area (Å²) >= 11 is 6.15. The quantitative estimate of drug-likeness (QED) is 0.852. The smallest absolute Gasteiger partial charge is 0.124 e. The second kappa shape index (κ2) is 5.55. The largest absolute Gasteiger partial charge is 0.496 e. The fraction of sp³-hybridized carbons (Fsp3) is 0.538. The zero-order chi connectivity index (χ0) is 11.4. The second-order valence-electron chi connectivity index (χ2n) is 4.35. The van der Waals surface area contributed by atoms with Crippen molar-refractivity contribution < 1.29 is 4.74 Å². The highest BCUT2D eigenvalue weighted by molar-refractivity contribution is 6.31. The minimum absolute atomic E-state index is 0.778. The minimum atomic E-state index is 0.778. The Balaban J connectivity index is 1.91. The highest BCUT2D eigenvalue weighted by atomic mass is 35.5. The fourth-order valence-corrected chi connectivity index (χ4v) is 2.23. The monoisotopic (exact) mass is 239 g/mol. The van der Waals surface area contributed by atoms with Crippen molar-refractivity contribution in [1.29, 1.82) is 0 Å². The van der Waals surface area contributed by atoms with Gasteiger partial charge in [-0.2, -0.15) is 0 Å². The van der Waals surface area contributed by atoms with E-state index in [1.54, 1.807) is 7.11 Å².